The number of allylic oxidation sites excluding steroid dienone is 4. The predicted octanol–water partition coefficient (Wildman–Crippen LogP) is 5.70. The van der Waals surface area contributed by atoms with Gasteiger partial charge in [0.05, 0.1) is 11.7 Å². The predicted molar refractivity (Wildman–Crippen MR) is 100.0 cm³/mol. The lowest BCUT2D eigenvalue weighted by atomic mass is 9.90. The maximum Gasteiger partial charge on any atom is 0.335 e. The Morgan fingerprint density at radius 2 is 1.75 bits per heavy atom. The van der Waals surface area contributed by atoms with Gasteiger partial charge in [-0.3, -0.25) is 0 Å². The van der Waals surface area contributed by atoms with E-state index in [4.69, 9.17) is 9.84 Å². The van der Waals surface area contributed by atoms with E-state index < -0.39 is 5.97 Å². The van der Waals surface area contributed by atoms with Crippen LogP contribution in [0, 0.1) is 5.41 Å². The average molecular weight is 328 g/mol. The van der Waals surface area contributed by atoms with E-state index in [9.17, 15) is 4.79 Å². The second kappa shape index (κ2) is 8.53. The van der Waals surface area contributed by atoms with E-state index in [1.54, 1.807) is 24.3 Å². The van der Waals surface area contributed by atoms with Crippen molar-refractivity contribution in [3.05, 3.63) is 66.0 Å². The minimum atomic E-state index is -0.930. The van der Waals surface area contributed by atoms with Crippen molar-refractivity contribution in [1.82, 2.24) is 0 Å². The standard InChI is InChI=1S/C21H28O3/c1-7-19(24-16(3)14-21(4,5)6)13-8-15(2)17-9-11-18(12-10-17)20(22)23/h7-13,16H,2,14H2,1,3-6H3,(H,22,23)/b13-8-,19-7+. The van der Waals surface area contributed by atoms with Crippen LogP contribution in [0.4, 0.5) is 0 Å². The molecule has 0 radical (unpaired) electrons. The van der Waals surface area contributed by atoms with Crippen LogP contribution in [0.2, 0.25) is 0 Å². The molecule has 3 nitrogen and oxygen atoms in total. The summed E-state index contributed by atoms with van der Waals surface area (Å²) in [4.78, 5) is 10.9. The summed E-state index contributed by atoms with van der Waals surface area (Å²) in [5.41, 5.74) is 2.18. The average Bonchev–Trinajstić information content (AvgIpc) is 2.49. The van der Waals surface area contributed by atoms with Gasteiger partial charge in [-0.05, 0) is 61.1 Å². The molecule has 0 aliphatic carbocycles. The van der Waals surface area contributed by atoms with Gasteiger partial charge in [0.2, 0.25) is 0 Å². The molecule has 1 unspecified atom stereocenters. The molecule has 1 atom stereocenters. The SMILES string of the molecule is C=C(/C=C\C(=C/C)OC(C)CC(C)(C)C)c1ccc(C(=O)O)cc1. The highest BCUT2D eigenvalue weighted by Crippen LogP contribution is 2.24. The van der Waals surface area contributed by atoms with Crippen LogP contribution in [0.15, 0.2) is 54.8 Å². The summed E-state index contributed by atoms with van der Waals surface area (Å²) in [6.45, 7) is 14.6. The molecule has 0 saturated carbocycles. The molecule has 0 aromatic heterocycles. The zero-order valence-corrected chi connectivity index (χ0v) is 15.3. The minimum Gasteiger partial charge on any atom is -0.491 e. The van der Waals surface area contributed by atoms with Crippen LogP contribution < -0.4 is 0 Å². The molecule has 0 heterocycles. The molecule has 24 heavy (non-hydrogen) atoms. The van der Waals surface area contributed by atoms with E-state index in [2.05, 4.69) is 34.3 Å². The Balaban J connectivity index is 2.71. The zero-order chi connectivity index (χ0) is 18.3. The van der Waals surface area contributed by atoms with E-state index in [1.807, 2.05) is 25.2 Å². The summed E-state index contributed by atoms with van der Waals surface area (Å²) >= 11 is 0. The quantitative estimate of drug-likeness (QED) is 0.516. The van der Waals surface area contributed by atoms with Crippen molar-refractivity contribution in [2.45, 2.75) is 47.1 Å². The van der Waals surface area contributed by atoms with Crippen molar-refractivity contribution in [2.75, 3.05) is 0 Å². The summed E-state index contributed by atoms with van der Waals surface area (Å²) < 4.78 is 5.97. The number of aromatic carboxylic acids is 1. The van der Waals surface area contributed by atoms with Gasteiger partial charge in [0, 0.05) is 0 Å². The Bertz CT molecular complexity index is 628. The monoisotopic (exact) mass is 328 g/mol. The van der Waals surface area contributed by atoms with Gasteiger partial charge in [-0.2, -0.15) is 0 Å². The smallest absolute Gasteiger partial charge is 0.335 e. The molecule has 0 fully saturated rings. The molecule has 0 aliphatic heterocycles. The van der Waals surface area contributed by atoms with Crippen molar-refractivity contribution in [3.8, 4) is 0 Å². The first-order valence-electron chi connectivity index (χ1n) is 8.16. The fraction of sp³-hybridized carbons (Fsp3) is 0.381. The lowest BCUT2D eigenvalue weighted by molar-refractivity contribution is 0.0696. The summed E-state index contributed by atoms with van der Waals surface area (Å²) in [6, 6.07) is 6.67. The minimum absolute atomic E-state index is 0.129. The normalized spacial score (nSPS) is 13.8. The summed E-state index contributed by atoms with van der Waals surface area (Å²) in [5, 5.41) is 8.93. The number of carboxylic acid groups (broad SMARTS) is 1. The van der Waals surface area contributed by atoms with Crippen LogP contribution in [-0.4, -0.2) is 17.2 Å². The Labute approximate surface area is 145 Å². The highest BCUT2D eigenvalue weighted by Gasteiger charge is 2.16. The Morgan fingerprint density at radius 1 is 1.21 bits per heavy atom. The fourth-order valence-corrected chi connectivity index (χ4v) is 2.45. The highest BCUT2D eigenvalue weighted by molar-refractivity contribution is 5.88. The van der Waals surface area contributed by atoms with Gasteiger partial charge >= 0.3 is 5.97 Å². The van der Waals surface area contributed by atoms with Gasteiger partial charge in [0.1, 0.15) is 5.76 Å². The Morgan fingerprint density at radius 3 is 2.21 bits per heavy atom. The molecule has 130 valence electrons. The van der Waals surface area contributed by atoms with E-state index in [0.29, 0.717) is 0 Å². The van der Waals surface area contributed by atoms with Crippen molar-refractivity contribution in [2.24, 2.45) is 5.41 Å². The Hall–Kier alpha value is -2.29. The maximum absolute atomic E-state index is 10.9. The molecular formula is C21H28O3. The van der Waals surface area contributed by atoms with Gasteiger partial charge in [0.25, 0.3) is 0 Å². The first kappa shape index (κ1) is 19.8. The molecule has 1 N–H and O–H groups in total. The number of ether oxygens (including phenoxy) is 1. The number of carbonyl (C=O) groups is 1. The third-order valence-corrected chi connectivity index (χ3v) is 3.47. The first-order chi connectivity index (χ1) is 11.1. The van der Waals surface area contributed by atoms with E-state index in [1.165, 1.54) is 0 Å². The van der Waals surface area contributed by atoms with Crippen LogP contribution in [0.1, 0.15) is 57.0 Å². The molecule has 0 spiro atoms. The molecular weight excluding hydrogens is 300 g/mol. The molecule has 1 aromatic carbocycles. The summed E-state index contributed by atoms with van der Waals surface area (Å²) in [7, 11) is 0. The number of hydrogen-bond acceptors (Lipinski definition) is 2. The molecule has 1 aromatic rings. The van der Waals surface area contributed by atoms with Crippen molar-refractivity contribution >= 4 is 11.5 Å². The third-order valence-electron chi connectivity index (χ3n) is 3.47. The van der Waals surface area contributed by atoms with Crippen LogP contribution in [0.5, 0.6) is 0 Å². The van der Waals surface area contributed by atoms with Crippen molar-refractivity contribution < 1.29 is 14.6 Å². The van der Waals surface area contributed by atoms with Crippen molar-refractivity contribution in [3.63, 3.8) is 0 Å². The lowest BCUT2D eigenvalue weighted by Gasteiger charge is -2.24. The zero-order valence-electron chi connectivity index (χ0n) is 15.3. The lowest BCUT2D eigenvalue weighted by Crippen LogP contribution is -2.17. The van der Waals surface area contributed by atoms with Gasteiger partial charge in [0.15, 0.2) is 0 Å². The van der Waals surface area contributed by atoms with Gasteiger partial charge in [-0.15, -0.1) is 0 Å². The van der Waals surface area contributed by atoms with E-state index in [0.717, 1.165) is 23.3 Å². The Kier molecular flexibility index (Phi) is 7.02. The molecule has 0 bridgehead atoms. The van der Waals surface area contributed by atoms with Crippen LogP contribution in [-0.2, 0) is 4.74 Å². The van der Waals surface area contributed by atoms with E-state index >= 15 is 0 Å². The molecule has 0 aliphatic rings. The first-order valence-corrected chi connectivity index (χ1v) is 8.16. The van der Waals surface area contributed by atoms with Gasteiger partial charge < -0.3 is 9.84 Å². The van der Waals surface area contributed by atoms with Crippen LogP contribution >= 0.6 is 0 Å². The molecule has 1 rings (SSSR count). The van der Waals surface area contributed by atoms with E-state index in [-0.39, 0.29) is 17.1 Å². The van der Waals surface area contributed by atoms with Crippen LogP contribution in [0.3, 0.4) is 0 Å². The van der Waals surface area contributed by atoms with Gasteiger partial charge in [-0.1, -0.05) is 45.6 Å². The highest BCUT2D eigenvalue weighted by atomic mass is 16.5. The molecule has 0 saturated heterocycles. The summed E-state index contributed by atoms with van der Waals surface area (Å²) in [6.07, 6.45) is 6.80. The molecule has 3 heteroatoms. The number of carboxylic acids is 1. The van der Waals surface area contributed by atoms with Gasteiger partial charge in [-0.25, -0.2) is 4.79 Å². The topological polar surface area (TPSA) is 46.5 Å². The third kappa shape index (κ3) is 6.86. The largest absolute Gasteiger partial charge is 0.491 e. The number of benzene rings is 1. The maximum atomic E-state index is 10.9. The number of rotatable bonds is 7. The fourth-order valence-electron chi connectivity index (χ4n) is 2.45. The second-order valence-electron chi connectivity index (χ2n) is 7.13. The van der Waals surface area contributed by atoms with Crippen molar-refractivity contribution in [1.29, 1.82) is 0 Å². The molecule has 0 amide bonds. The second-order valence-corrected chi connectivity index (χ2v) is 7.13. The number of hydrogen-bond donors (Lipinski definition) is 1. The summed E-state index contributed by atoms with van der Waals surface area (Å²) in [5.74, 6) is -0.129. The van der Waals surface area contributed by atoms with Crippen LogP contribution in [0.25, 0.3) is 5.57 Å².